The van der Waals surface area contributed by atoms with Gasteiger partial charge in [0, 0.05) is 28.2 Å². The fraction of sp³-hybridized carbons (Fsp3) is 0.429. The summed E-state index contributed by atoms with van der Waals surface area (Å²) in [6, 6.07) is 5.52. The lowest BCUT2D eigenvalue weighted by Gasteiger charge is -2.28. The second kappa shape index (κ2) is 7.96. The lowest BCUT2D eigenvalue weighted by atomic mass is 9.94. The van der Waals surface area contributed by atoms with E-state index in [0.717, 1.165) is 18.9 Å². The van der Waals surface area contributed by atoms with Crippen molar-refractivity contribution in [1.29, 1.82) is 0 Å². The van der Waals surface area contributed by atoms with Gasteiger partial charge < -0.3 is 20.3 Å². The van der Waals surface area contributed by atoms with Crippen LogP contribution in [0.5, 0.6) is 5.75 Å². The minimum Gasteiger partial charge on any atom is -0.488 e. The molecule has 0 aromatic heterocycles. The van der Waals surface area contributed by atoms with E-state index in [0.29, 0.717) is 16.5 Å². The molecule has 0 bridgehead atoms. The van der Waals surface area contributed by atoms with Crippen molar-refractivity contribution < 1.29 is 28.1 Å². The van der Waals surface area contributed by atoms with Crippen LogP contribution in [0.25, 0.3) is 0 Å². The zero-order valence-electron chi connectivity index (χ0n) is 15.5. The van der Waals surface area contributed by atoms with Gasteiger partial charge in [0.2, 0.25) is 0 Å². The summed E-state index contributed by atoms with van der Waals surface area (Å²) >= 11 is 1.98. The molecule has 0 radical (unpaired) electrons. The summed E-state index contributed by atoms with van der Waals surface area (Å²) in [6.07, 6.45) is -0.112. The first-order valence-electron chi connectivity index (χ1n) is 9.46. The number of halogens is 4. The average molecular weight is 519 g/mol. The van der Waals surface area contributed by atoms with E-state index in [1.807, 2.05) is 22.6 Å². The molecule has 8 heteroatoms. The molecule has 1 fully saturated rings. The molecule has 2 aliphatic rings. The molecule has 4 rings (SSSR count). The molecular weight excluding hydrogens is 498 g/mol. The van der Waals surface area contributed by atoms with Gasteiger partial charge in [0.25, 0.3) is 0 Å². The summed E-state index contributed by atoms with van der Waals surface area (Å²) < 4.78 is 49.7. The van der Waals surface area contributed by atoms with Gasteiger partial charge in [-0.2, -0.15) is 0 Å². The SMILES string of the molecule is OC1COc2cc(F)c(F)c(Cc3ccc(I)cc3F)c2NCC2(CC2)CC1O. The molecule has 1 spiro atoms. The van der Waals surface area contributed by atoms with Gasteiger partial charge in [-0.1, -0.05) is 6.07 Å². The molecule has 156 valence electrons. The summed E-state index contributed by atoms with van der Waals surface area (Å²) in [6.45, 7) is 0.161. The minimum atomic E-state index is -1.14. The number of hydrogen-bond acceptors (Lipinski definition) is 4. The average Bonchev–Trinajstić information content (AvgIpc) is 3.43. The predicted octanol–water partition coefficient (Wildman–Crippen LogP) is 4.00. The van der Waals surface area contributed by atoms with Crippen molar-refractivity contribution in [2.75, 3.05) is 18.5 Å². The van der Waals surface area contributed by atoms with Crippen LogP contribution in [0, 0.1) is 26.4 Å². The monoisotopic (exact) mass is 519 g/mol. The lowest BCUT2D eigenvalue weighted by molar-refractivity contribution is -0.0212. The number of anilines is 1. The largest absolute Gasteiger partial charge is 0.488 e. The number of fused-ring (bicyclic) bond motifs is 1. The third-order valence-corrected chi connectivity index (χ3v) is 6.43. The summed E-state index contributed by atoms with van der Waals surface area (Å²) in [5.41, 5.74) is 0.279. The second-order valence-corrected chi connectivity index (χ2v) is 9.19. The summed E-state index contributed by atoms with van der Waals surface area (Å²) in [4.78, 5) is 0. The van der Waals surface area contributed by atoms with E-state index in [2.05, 4.69) is 5.32 Å². The van der Waals surface area contributed by atoms with Crippen LogP contribution in [0.2, 0.25) is 0 Å². The molecule has 1 saturated carbocycles. The Morgan fingerprint density at radius 1 is 1.10 bits per heavy atom. The Balaban J connectivity index is 1.75. The molecule has 1 aliphatic carbocycles. The van der Waals surface area contributed by atoms with Gasteiger partial charge in [-0.15, -0.1) is 0 Å². The molecule has 2 aromatic rings. The Hall–Kier alpha value is -1.52. The van der Waals surface area contributed by atoms with E-state index in [4.69, 9.17) is 4.74 Å². The van der Waals surface area contributed by atoms with E-state index in [1.165, 1.54) is 6.07 Å². The number of ether oxygens (including phenoxy) is 1. The topological polar surface area (TPSA) is 61.7 Å². The molecule has 1 heterocycles. The second-order valence-electron chi connectivity index (χ2n) is 7.94. The molecule has 2 aromatic carbocycles. The highest BCUT2D eigenvalue weighted by Crippen LogP contribution is 2.51. The Labute approximate surface area is 180 Å². The van der Waals surface area contributed by atoms with Crippen molar-refractivity contribution in [2.24, 2.45) is 5.41 Å². The number of nitrogens with one attached hydrogen (secondary N) is 1. The van der Waals surface area contributed by atoms with E-state index < -0.39 is 29.7 Å². The maximum Gasteiger partial charge on any atom is 0.164 e. The Kier molecular flexibility index (Phi) is 5.69. The van der Waals surface area contributed by atoms with Gasteiger partial charge in [-0.3, -0.25) is 0 Å². The fourth-order valence-corrected chi connectivity index (χ4v) is 4.21. The van der Waals surface area contributed by atoms with Crippen molar-refractivity contribution in [3.63, 3.8) is 0 Å². The fourth-order valence-electron chi connectivity index (χ4n) is 3.75. The zero-order chi connectivity index (χ0) is 20.8. The Morgan fingerprint density at radius 3 is 2.55 bits per heavy atom. The van der Waals surface area contributed by atoms with Crippen molar-refractivity contribution in [2.45, 2.75) is 37.9 Å². The van der Waals surface area contributed by atoms with Gasteiger partial charge in [0.05, 0.1) is 11.8 Å². The van der Waals surface area contributed by atoms with E-state index >= 15 is 0 Å². The molecule has 2 unspecified atom stereocenters. The molecule has 29 heavy (non-hydrogen) atoms. The third kappa shape index (κ3) is 4.34. The zero-order valence-corrected chi connectivity index (χ0v) is 17.7. The van der Waals surface area contributed by atoms with Crippen molar-refractivity contribution in [1.82, 2.24) is 0 Å². The predicted molar refractivity (Wildman–Crippen MR) is 111 cm³/mol. The molecule has 0 amide bonds. The van der Waals surface area contributed by atoms with Gasteiger partial charge in [-0.25, -0.2) is 13.2 Å². The van der Waals surface area contributed by atoms with Crippen LogP contribution >= 0.6 is 22.6 Å². The first-order chi connectivity index (χ1) is 13.8. The summed E-state index contributed by atoms with van der Waals surface area (Å²) in [5, 5.41) is 23.5. The van der Waals surface area contributed by atoms with Crippen LogP contribution in [0.3, 0.4) is 0 Å². The van der Waals surface area contributed by atoms with Crippen molar-refractivity contribution >= 4 is 28.3 Å². The van der Waals surface area contributed by atoms with Crippen LogP contribution in [0.15, 0.2) is 24.3 Å². The van der Waals surface area contributed by atoms with Crippen LogP contribution in [-0.4, -0.2) is 35.6 Å². The van der Waals surface area contributed by atoms with E-state index in [1.54, 1.807) is 12.1 Å². The standard InChI is InChI=1S/C21H21F3INO3/c22-14-6-12(25)2-1-11(14)5-13-19(24)15(23)7-18-20(13)26-10-21(3-4-21)8-16(27)17(28)9-29-18/h1-2,6-7,16-17,26-28H,3-5,8-10H2. The Bertz CT molecular complexity index is 936. The first-order valence-corrected chi connectivity index (χ1v) is 10.5. The molecule has 0 saturated heterocycles. The summed E-state index contributed by atoms with van der Waals surface area (Å²) in [5.74, 6) is -2.62. The highest BCUT2D eigenvalue weighted by atomic mass is 127. The molecule has 3 N–H and O–H groups in total. The Morgan fingerprint density at radius 2 is 1.86 bits per heavy atom. The van der Waals surface area contributed by atoms with Gasteiger partial charge in [0.1, 0.15) is 24.3 Å². The molecule has 1 aliphatic heterocycles. The molecular formula is C21H21F3INO3. The van der Waals surface area contributed by atoms with Crippen molar-refractivity contribution in [3.8, 4) is 5.75 Å². The highest BCUT2D eigenvalue weighted by Gasteiger charge is 2.45. The molecule has 2 atom stereocenters. The number of aliphatic hydroxyl groups excluding tert-OH is 2. The maximum absolute atomic E-state index is 14.8. The number of hydrogen-bond donors (Lipinski definition) is 3. The van der Waals surface area contributed by atoms with Gasteiger partial charge in [0.15, 0.2) is 11.6 Å². The minimum absolute atomic E-state index is 0.0217. The molecule has 4 nitrogen and oxygen atoms in total. The quantitative estimate of drug-likeness (QED) is 0.526. The van der Waals surface area contributed by atoms with E-state index in [-0.39, 0.29) is 41.0 Å². The van der Waals surface area contributed by atoms with Crippen LogP contribution in [0.4, 0.5) is 18.9 Å². The van der Waals surface area contributed by atoms with Gasteiger partial charge >= 0.3 is 0 Å². The number of benzene rings is 2. The smallest absolute Gasteiger partial charge is 0.164 e. The summed E-state index contributed by atoms with van der Waals surface area (Å²) in [7, 11) is 0. The lowest BCUT2D eigenvalue weighted by Crippen LogP contribution is -2.36. The third-order valence-electron chi connectivity index (χ3n) is 5.76. The van der Waals surface area contributed by atoms with Crippen LogP contribution in [-0.2, 0) is 6.42 Å². The van der Waals surface area contributed by atoms with Crippen LogP contribution in [0.1, 0.15) is 30.4 Å². The maximum atomic E-state index is 14.8. The number of rotatable bonds is 2. The normalized spacial score (nSPS) is 23.1. The van der Waals surface area contributed by atoms with Crippen LogP contribution < -0.4 is 10.1 Å². The van der Waals surface area contributed by atoms with E-state index in [9.17, 15) is 23.4 Å². The highest BCUT2D eigenvalue weighted by molar-refractivity contribution is 14.1. The first kappa shape index (κ1) is 20.7. The number of aliphatic hydroxyl groups is 2. The van der Waals surface area contributed by atoms with Crippen molar-refractivity contribution in [3.05, 3.63) is 56.4 Å². The van der Waals surface area contributed by atoms with Gasteiger partial charge in [-0.05, 0) is 65.0 Å².